The first-order chi connectivity index (χ1) is 7.63. The van der Waals surface area contributed by atoms with Gasteiger partial charge in [0.2, 0.25) is 5.91 Å². The molecule has 3 N–H and O–H groups in total. The van der Waals surface area contributed by atoms with E-state index < -0.39 is 0 Å². The number of halogens is 1. The number of pyridine rings is 1. The predicted molar refractivity (Wildman–Crippen MR) is 63.9 cm³/mol. The van der Waals surface area contributed by atoms with E-state index in [4.69, 9.17) is 10.8 Å². The lowest BCUT2D eigenvalue weighted by molar-refractivity contribution is -0.117. The van der Waals surface area contributed by atoms with Gasteiger partial charge in [-0.15, -0.1) is 0 Å². The molecule has 86 valence electrons. The van der Waals surface area contributed by atoms with E-state index >= 15 is 0 Å². The maximum absolute atomic E-state index is 11.7. The van der Waals surface area contributed by atoms with Gasteiger partial charge in [0.15, 0.2) is 0 Å². The van der Waals surface area contributed by atoms with Gasteiger partial charge in [0.1, 0.15) is 0 Å². The van der Waals surface area contributed by atoms with Crippen LogP contribution in [0, 0.1) is 5.92 Å². The van der Waals surface area contributed by atoms with Crippen LogP contribution in [0.1, 0.15) is 6.42 Å². The molecular weight excluding hydrogens is 274 g/mol. The number of rotatable bonds is 2. The van der Waals surface area contributed by atoms with Crippen LogP contribution in [-0.4, -0.2) is 29.1 Å². The van der Waals surface area contributed by atoms with E-state index in [1.54, 1.807) is 17.3 Å². The number of anilines is 2. The normalized spacial score (nSPS) is 20.5. The average Bonchev–Trinajstić information content (AvgIpc) is 2.64. The minimum absolute atomic E-state index is 0.00844. The predicted octanol–water partition coefficient (Wildman–Crippen LogP) is 0.771. The minimum Gasteiger partial charge on any atom is -0.396 e. The molecule has 0 bridgehead atoms. The molecule has 1 aromatic rings. The van der Waals surface area contributed by atoms with Gasteiger partial charge in [0.05, 0.1) is 22.0 Å². The summed E-state index contributed by atoms with van der Waals surface area (Å²) in [7, 11) is 0. The first-order valence-electron chi connectivity index (χ1n) is 4.93. The van der Waals surface area contributed by atoms with Gasteiger partial charge in [-0.2, -0.15) is 0 Å². The number of carbonyl (C=O) groups excluding carboxylic acids is 1. The summed E-state index contributed by atoms with van der Waals surface area (Å²) in [6.07, 6.45) is 3.52. The van der Waals surface area contributed by atoms with Gasteiger partial charge < -0.3 is 15.7 Å². The van der Waals surface area contributed by atoms with E-state index in [1.165, 1.54) is 0 Å². The summed E-state index contributed by atoms with van der Waals surface area (Å²) in [6, 6.07) is 0. The van der Waals surface area contributed by atoms with E-state index in [0.717, 1.165) is 0 Å². The average molecular weight is 286 g/mol. The minimum atomic E-state index is -0.0225. The lowest BCUT2D eigenvalue weighted by Gasteiger charge is -2.18. The second kappa shape index (κ2) is 4.39. The third kappa shape index (κ3) is 1.90. The van der Waals surface area contributed by atoms with Crippen LogP contribution in [0.25, 0.3) is 0 Å². The number of hydrogen-bond donors (Lipinski definition) is 2. The lowest BCUT2D eigenvalue weighted by Crippen LogP contribution is -2.26. The van der Waals surface area contributed by atoms with Crippen molar-refractivity contribution in [2.24, 2.45) is 5.92 Å². The summed E-state index contributed by atoms with van der Waals surface area (Å²) in [5, 5.41) is 9.04. The van der Waals surface area contributed by atoms with E-state index in [9.17, 15) is 4.79 Å². The maximum atomic E-state index is 11.7. The van der Waals surface area contributed by atoms with Crippen molar-refractivity contribution in [1.29, 1.82) is 0 Å². The fourth-order valence-electron chi connectivity index (χ4n) is 1.79. The molecule has 1 fully saturated rings. The van der Waals surface area contributed by atoms with Crippen molar-refractivity contribution < 1.29 is 9.90 Å². The number of carbonyl (C=O) groups is 1. The number of nitrogen functional groups attached to an aromatic ring is 1. The molecule has 1 amide bonds. The van der Waals surface area contributed by atoms with E-state index in [0.29, 0.717) is 28.8 Å². The van der Waals surface area contributed by atoms with Gasteiger partial charge in [0.25, 0.3) is 0 Å². The smallest absolute Gasteiger partial charge is 0.227 e. The summed E-state index contributed by atoms with van der Waals surface area (Å²) in [5.74, 6) is -0.0310. The summed E-state index contributed by atoms with van der Waals surface area (Å²) < 4.78 is 0.672. The largest absolute Gasteiger partial charge is 0.396 e. The van der Waals surface area contributed by atoms with Gasteiger partial charge in [0, 0.05) is 31.7 Å². The van der Waals surface area contributed by atoms with Gasteiger partial charge in [-0.3, -0.25) is 9.78 Å². The highest BCUT2D eigenvalue weighted by Gasteiger charge is 2.31. The molecule has 1 saturated heterocycles. The molecule has 0 aliphatic carbocycles. The van der Waals surface area contributed by atoms with E-state index in [1.807, 2.05) is 0 Å². The summed E-state index contributed by atoms with van der Waals surface area (Å²) in [5.41, 5.74) is 6.98. The second-order valence-electron chi connectivity index (χ2n) is 3.81. The molecule has 0 spiro atoms. The monoisotopic (exact) mass is 285 g/mol. The zero-order chi connectivity index (χ0) is 11.7. The molecule has 16 heavy (non-hydrogen) atoms. The number of aromatic nitrogens is 1. The summed E-state index contributed by atoms with van der Waals surface area (Å²) in [4.78, 5) is 17.3. The van der Waals surface area contributed by atoms with Crippen LogP contribution < -0.4 is 10.6 Å². The molecule has 1 aliphatic rings. The van der Waals surface area contributed by atoms with E-state index in [-0.39, 0.29) is 18.4 Å². The molecular formula is C10H12BrN3O2. The number of aliphatic hydroxyl groups is 1. The van der Waals surface area contributed by atoms with Crippen LogP contribution in [0.2, 0.25) is 0 Å². The third-order valence-corrected chi connectivity index (χ3v) is 3.30. The Morgan fingerprint density at radius 1 is 1.62 bits per heavy atom. The topological polar surface area (TPSA) is 79.4 Å². The molecule has 0 radical (unpaired) electrons. The number of nitrogens with zero attached hydrogens (tertiary/aromatic N) is 2. The number of nitrogens with two attached hydrogens (primary N) is 1. The van der Waals surface area contributed by atoms with Crippen LogP contribution in [0.5, 0.6) is 0 Å². The van der Waals surface area contributed by atoms with Crippen molar-refractivity contribution in [3.05, 3.63) is 16.9 Å². The molecule has 6 heteroatoms. The Morgan fingerprint density at radius 3 is 3.00 bits per heavy atom. The number of amides is 1. The Hall–Kier alpha value is -1.14. The number of aliphatic hydroxyl groups excluding tert-OH is 1. The van der Waals surface area contributed by atoms with Crippen molar-refractivity contribution in [3.8, 4) is 0 Å². The fourth-order valence-corrected chi connectivity index (χ4v) is 2.11. The first-order valence-corrected chi connectivity index (χ1v) is 5.73. The maximum Gasteiger partial charge on any atom is 0.227 e. The molecule has 5 nitrogen and oxygen atoms in total. The Morgan fingerprint density at radius 2 is 2.38 bits per heavy atom. The molecule has 0 saturated carbocycles. The summed E-state index contributed by atoms with van der Waals surface area (Å²) in [6.45, 7) is 0.515. The van der Waals surface area contributed by atoms with Crippen LogP contribution in [-0.2, 0) is 4.79 Å². The van der Waals surface area contributed by atoms with Crippen LogP contribution in [0.3, 0.4) is 0 Å². The Labute approximate surface area is 101 Å². The quantitative estimate of drug-likeness (QED) is 0.841. The highest BCUT2D eigenvalue weighted by molar-refractivity contribution is 9.10. The fraction of sp³-hybridized carbons (Fsp3) is 0.400. The molecule has 1 aliphatic heterocycles. The molecule has 1 atom stereocenters. The van der Waals surface area contributed by atoms with Gasteiger partial charge >= 0.3 is 0 Å². The molecule has 1 unspecified atom stereocenters. The van der Waals surface area contributed by atoms with Crippen LogP contribution in [0.4, 0.5) is 11.4 Å². The van der Waals surface area contributed by atoms with Gasteiger partial charge in [-0.1, -0.05) is 0 Å². The molecule has 2 rings (SSSR count). The Kier molecular flexibility index (Phi) is 3.11. The van der Waals surface area contributed by atoms with Gasteiger partial charge in [-0.25, -0.2) is 0 Å². The van der Waals surface area contributed by atoms with Crippen molar-refractivity contribution in [1.82, 2.24) is 4.98 Å². The molecule has 1 aromatic heterocycles. The van der Waals surface area contributed by atoms with Crippen molar-refractivity contribution in [2.75, 3.05) is 23.8 Å². The zero-order valence-electron chi connectivity index (χ0n) is 8.56. The first kappa shape index (κ1) is 11.3. The third-order valence-electron chi connectivity index (χ3n) is 2.67. The van der Waals surface area contributed by atoms with Crippen LogP contribution in [0.15, 0.2) is 16.9 Å². The van der Waals surface area contributed by atoms with Crippen molar-refractivity contribution in [3.63, 3.8) is 0 Å². The summed E-state index contributed by atoms with van der Waals surface area (Å²) >= 11 is 3.27. The van der Waals surface area contributed by atoms with Crippen molar-refractivity contribution in [2.45, 2.75) is 6.42 Å². The number of hydrogen-bond acceptors (Lipinski definition) is 4. The molecule has 0 aromatic carbocycles. The van der Waals surface area contributed by atoms with Crippen molar-refractivity contribution >= 4 is 33.2 Å². The van der Waals surface area contributed by atoms with Gasteiger partial charge in [-0.05, 0) is 15.9 Å². The highest BCUT2D eigenvalue weighted by Crippen LogP contribution is 2.32. The lowest BCUT2D eigenvalue weighted by atomic mass is 10.1. The second-order valence-corrected chi connectivity index (χ2v) is 4.67. The standard InChI is InChI=1S/C10H12BrN3O2/c11-7-2-13-3-8(10(7)12)14-4-6(5-15)1-9(14)16/h2-3,6,15H,1,4-5H2,(H2,12,13). The van der Waals surface area contributed by atoms with E-state index in [2.05, 4.69) is 20.9 Å². The molecule has 2 heterocycles. The highest BCUT2D eigenvalue weighted by atomic mass is 79.9. The Bertz CT molecular complexity index is 425. The SMILES string of the molecule is Nc1c(Br)cncc1N1CC(CO)CC1=O. The van der Waals surface area contributed by atoms with Crippen LogP contribution >= 0.6 is 15.9 Å². The zero-order valence-corrected chi connectivity index (χ0v) is 10.1. The Balaban J connectivity index is 2.31.